The minimum Gasteiger partial charge on any atom is -0.312 e. The standard InChI is InChI=1S/C19H22N4O4S/c1-13-5-8-20-18(11-13)22-19(25)6-9-21-28(26,27)16-3-4-17-15(12-16)7-10-23(17)14(2)24/h3-5,8,11-12,21H,6-7,9-10H2,1-2H3,(H,20,22,25). The monoisotopic (exact) mass is 402 g/mol. The van der Waals surface area contributed by atoms with Crippen molar-refractivity contribution in [2.45, 2.75) is 31.6 Å². The maximum absolute atomic E-state index is 12.5. The lowest BCUT2D eigenvalue weighted by molar-refractivity contribution is -0.117. The van der Waals surface area contributed by atoms with Crippen LogP contribution in [0.25, 0.3) is 0 Å². The second-order valence-corrected chi connectivity index (χ2v) is 8.39. The molecule has 0 saturated carbocycles. The third kappa shape index (κ3) is 4.55. The van der Waals surface area contributed by atoms with Gasteiger partial charge in [-0.05, 0) is 54.8 Å². The Labute approximate surface area is 164 Å². The van der Waals surface area contributed by atoms with E-state index in [2.05, 4.69) is 15.0 Å². The van der Waals surface area contributed by atoms with E-state index in [1.54, 1.807) is 29.3 Å². The minimum absolute atomic E-state index is 0.0160. The summed E-state index contributed by atoms with van der Waals surface area (Å²) in [5.74, 6) is 0.0370. The Morgan fingerprint density at radius 2 is 2.00 bits per heavy atom. The molecule has 9 heteroatoms. The average molecular weight is 402 g/mol. The summed E-state index contributed by atoms with van der Waals surface area (Å²) in [5, 5.41) is 2.64. The highest BCUT2D eigenvalue weighted by atomic mass is 32.2. The summed E-state index contributed by atoms with van der Waals surface area (Å²) in [6.07, 6.45) is 2.19. The van der Waals surface area contributed by atoms with Gasteiger partial charge in [-0.25, -0.2) is 18.1 Å². The van der Waals surface area contributed by atoms with E-state index < -0.39 is 10.0 Å². The lowest BCUT2D eigenvalue weighted by Gasteiger charge is -2.15. The molecule has 1 aliphatic heterocycles. The van der Waals surface area contributed by atoms with Crippen molar-refractivity contribution in [2.24, 2.45) is 0 Å². The number of fused-ring (bicyclic) bond motifs is 1. The first-order valence-electron chi connectivity index (χ1n) is 8.89. The average Bonchev–Trinajstić information content (AvgIpc) is 3.05. The predicted molar refractivity (Wildman–Crippen MR) is 106 cm³/mol. The molecular formula is C19H22N4O4S. The van der Waals surface area contributed by atoms with Crippen LogP contribution in [0.15, 0.2) is 41.4 Å². The zero-order chi connectivity index (χ0) is 20.3. The highest BCUT2D eigenvalue weighted by Crippen LogP contribution is 2.30. The second kappa shape index (κ2) is 8.07. The molecule has 0 saturated heterocycles. The van der Waals surface area contributed by atoms with Crippen molar-refractivity contribution in [3.05, 3.63) is 47.7 Å². The van der Waals surface area contributed by atoms with Crippen molar-refractivity contribution in [2.75, 3.05) is 23.3 Å². The van der Waals surface area contributed by atoms with Crippen LogP contribution in [0.1, 0.15) is 24.5 Å². The number of sulfonamides is 1. The number of hydrogen-bond acceptors (Lipinski definition) is 5. The first kappa shape index (κ1) is 20.0. The van der Waals surface area contributed by atoms with Gasteiger partial charge in [-0.2, -0.15) is 0 Å². The Bertz CT molecular complexity index is 1020. The van der Waals surface area contributed by atoms with Crippen molar-refractivity contribution in [1.29, 1.82) is 0 Å². The molecule has 2 heterocycles. The number of pyridine rings is 1. The van der Waals surface area contributed by atoms with E-state index in [1.807, 2.05) is 13.0 Å². The van der Waals surface area contributed by atoms with Gasteiger partial charge in [0.1, 0.15) is 5.82 Å². The summed E-state index contributed by atoms with van der Waals surface area (Å²) < 4.78 is 27.4. The van der Waals surface area contributed by atoms with Crippen molar-refractivity contribution < 1.29 is 18.0 Å². The smallest absolute Gasteiger partial charge is 0.240 e. The molecule has 148 valence electrons. The van der Waals surface area contributed by atoms with Crippen LogP contribution in [-0.2, 0) is 26.0 Å². The van der Waals surface area contributed by atoms with Gasteiger partial charge in [0, 0.05) is 38.3 Å². The molecule has 1 aliphatic rings. The molecule has 3 rings (SSSR count). The SMILES string of the molecule is CC(=O)N1CCc2cc(S(=O)(=O)NCCC(=O)Nc3cc(C)ccn3)ccc21. The molecule has 2 N–H and O–H groups in total. The fraction of sp³-hybridized carbons (Fsp3) is 0.316. The molecule has 0 radical (unpaired) electrons. The van der Waals surface area contributed by atoms with Crippen LogP contribution in [0.5, 0.6) is 0 Å². The fourth-order valence-electron chi connectivity index (χ4n) is 3.06. The molecule has 0 unspecified atom stereocenters. The van der Waals surface area contributed by atoms with E-state index in [1.165, 1.54) is 13.0 Å². The highest BCUT2D eigenvalue weighted by molar-refractivity contribution is 7.89. The van der Waals surface area contributed by atoms with Crippen molar-refractivity contribution in [3.8, 4) is 0 Å². The van der Waals surface area contributed by atoms with Crippen LogP contribution in [0, 0.1) is 6.92 Å². The number of amides is 2. The van der Waals surface area contributed by atoms with Gasteiger partial charge >= 0.3 is 0 Å². The van der Waals surface area contributed by atoms with E-state index in [9.17, 15) is 18.0 Å². The zero-order valence-electron chi connectivity index (χ0n) is 15.7. The molecule has 0 aliphatic carbocycles. The van der Waals surface area contributed by atoms with E-state index >= 15 is 0 Å². The molecule has 8 nitrogen and oxygen atoms in total. The number of rotatable bonds is 6. The number of benzene rings is 1. The van der Waals surface area contributed by atoms with Crippen LogP contribution in [0.4, 0.5) is 11.5 Å². The number of carbonyl (C=O) groups excluding carboxylic acids is 2. The van der Waals surface area contributed by atoms with Crippen LogP contribution in [-0.4, -0.2) is 38.3 Å². The molecule has 2 amide bonds. The largest absolute Gasteiger partial charge is 0.312 e. The van der Waals surface area contributed by atoms with Gasteiger partial charge < -0.3 is 10.2 Å². The van der Waals surface area contributed by atoms with E-state index in [0.29, 0.717) is 18.8 Å². The summed E-state index contributed by atoms with van der Waals surface area (Å²) >= 11 is 0. The summed E-state index contributed by atoms with van der Waals surface area (Å²) in [6.45, 7) is 3.89. The Morgan fingerprint density at radius 3 is 2.71 bits per heavy atom. The van der Waals surface area contributed by atoms with Gasteiger partial charge in [0.15, 0.2) is 0 Å². The number of nitrogens with one attached hydrogen (secondary N) is 2. The first-order chi connectivity index (χ1) is 13.3. The van der Waals surface area contributed by atoms with Crippen LogP contribution >= 0.6 is 0 Å². The van der Waals surface area contributed by atoms with Crippen LogP contribution in [0.3, 0.4) is 0 Å². The zero-order valence-corrected chi connectivity index (χ0v) is 16.5. The highest BCUT2D eigenvalue weighted by Gasteiger charge is 2.24. The summed E-state index contributed by atoms with van der Waals surface area (Å²) in [5.41, 5.74) is 2.53. The number of anilines is 2. The van der Waals surface area contributed by atoms with Crippen LogP contribution in [0.2, 0.25) is 0 Å². The number of aryl methyl sites for hydroxylation is 1. The second-order valence-electron chi connectivity index (χ2n) is 6.63. The lowest BCUT2D eigenvalue weighted by Crippen LogP contribution is -2.28. The van der Waals surface area contributed by atoms with Gasteiger partial charge in [-0.1, -0.05) is 0 Å². The first-order valence-corrected chi connectivity index (χ1v) is 10.4. The van der Waals surface area contributed by atoms with Gasteiger partial charge in [0.05, 0.1) is 4.90 Å². The summed E-state index contributed by atoms with van der Waals surface area (Å²) in [4.78, 5) is 29.4. The van der Waals surface area contributed by atoms with Gasteiger partial charge in [-0.3, -0.25) is 9.59 Å². The third-order valence-electron chi connectivity index (χ3n) is 4.46. The molecule has 0 bridgehead atoms. The topological polar surface area (TPSA) is 108 Å². The van der Waals surface area contributed by atoms with Crippen LogP contribution < -0.4 is 14.9 Å². The predicted octanol–water partition coefficient (Wildman–Crippen LogP) is 1.61. The summed E-state index contributed by atoms with van der Waals surface area (Å²) in [6, 6.07) is 8.25. The third-order valence-corrected chi connectivity index (χ3v) is 5.92. The number of carbonyl (C=O) groups is 2. The molecule has 2 aromatic rings. The minimum atomic E-state index is -3.74. The molecule has 0 atom stereocenters. The van der Waals surface area contributed by atoms with E-state index in [-0.39, 0.29) is 29.7 Å². The van der Waals surface area contributed by atoms with Gasteiger partial charge in [0.2, 0.25) is 21.8 Å². The fourth-order valence-corrected chi connectivity index (χ4v) is 4.15. The van der Waals surface area contributed by atoms with E-state index in [4.69, 9.17) is 0 Å². The number of nitrogens with zero attached hydrogens (tertiary/aromatic N) is 2. The maximum Gasteiger partial charge on any atom is 0.240 e. The maximum atomic E-state index is 12.5. The van der Waals surface area contributed by atoms with Gasteiger partial charge in [0.25, 0.3) is 0 Å². The van der Waals surface area contributed by atoms with Gasteiger partial charge in [-0.15, -0.1) is 0 Å². The lowest BCUT2D eigenvalue weighted by atomic mass is 10.2. The quantitative estimate of drug-likeness (QED) is 0.763. The van der Waals surface area contributed by atoms with E-state index in [0.717, 1.165) is 16.8 Å². The molecule has 0 spiro atoms. The van der Waals surface area contributed by atoms with Crippen molar-refractivity contribution in [1.82, 2.24) is 9.71 Å². The molecule has 0 fully saturated rings. The molecule has 1 aromatic carbocycles. The normalized spacial score (nSPS) is 13.3. The molecular weight excluding hydrogens is 380 g/mol. The number of aromatic nitrogens is 1. The summed E-state index contributed by atoms with van der Waals surface area (Å²) in [7, 11) is -3.74. The Balaban J connectivity index is 1.58. The Kier molecular flexibility index (Phi) is 5.76. The van der Waals surface area contributed by atoms with Crippen molar-refractivity contribution >= 4 is 33.3 Å². The number of hydrogen-bond donors (Lipinski definition) is 2. The molecule has 28 heavy (non-hydrogen) atoms. The Morgan fingerprint density at radius 1 is 1.21 bits per heavy atom. The molecule has 1 aromatic heterocycles. The van der Waals surface area contributed by atoms with Crippen molar-refractivity contribution in [3.63, 3.8) is 0 Å². The Hall–Kier alpha value is -2.78.